The number of hydrogen-bond acceptors (Lipinski definition) is 6. The fourth-order valence-electron chi connectivity index (χ4n) is 3.13. The maximum absolute atomic E-state index is 12.1. The van der Waals surface area contributed by atoms with Gasteiger partial charge >= 0.3 is 12.1 Å². The minimum absolute atomic E-state index is 0.0881. The molecule has 22 heavy (non-hydrogen) atoms. The van der Waals surface area contributed by atoms with E-state index in [0.29, 0.717) is 44.7 Å². The van der Waals surface area contributed by atoms with Gasteiger partial charge in [0.1, 0.15) is 5.60 Å². The Morgan fingerprint density at radius 3 is 2.86 bits per heavy atom. The minimum Gasteiger partial charge on any atom is -0.466 e. The van der Waals surface area contributed by atoms with Crippen molar-refractivity contribution >= 4 is 17.9 Å². The molecule has 0 atom stereocenters. The van der Waals surface area contributed by atoms with Crippen molar-refractivity contribution in [1.82, 2.24) is 9.97 Å². The summed E-state index contributed by atoms with van der Waals surface area (Å²) < 4.78 is 10.7. The first-order valence-corrected chi connectivity index (χ1v) is 7.57. The number of nitrogens with zero attached hydrogens (tertiary/aromatic N) is 3. The lowest BCUT2D eigenvalue weighted by Gasteiger charge is -2.33. The molecule has 0 N–H and O–H groups in total. The van der Waals surface area contributed by atoms with Gasteiger partial charge in [-0.25, -0.2) is 9.78 Å². The maximum atomic E-state index is 12.1. The molecule has 0 unspecified atom stereocenters. The van der Waals surface area contributed by atoms with Crippen LogP contribution in [0.3, 0.4) is 0 Å². The van der Waals surface area contributed by atoms with E-state index in [4.69, 9.17) is 9.47 Å². The smallest absolute Gasteiger partial charge is 0.416 e. The van der Waals surface area contributed by atoms with Gasteiger partial charge in [0.15, 0.2) is 5.82 Å². The highest BCUT2D eigenvalue weighted by Crippen LogP contribution is 2.40. The molecule has 1 aliphatic carbocycles. The van der Waals surface area contributed by atoms with Gasteiger partial charge in [0.05, 0.1) is 25.3 Å². The molecule has 1 saturated carbocycles. The summed E-state index contributed by atoms with van der Waals surface area (Å²) in [6.45, 7) is 2.66. The molecule has 1 spiro atoms. The fraction of sp³-hybridized carbons (Fsp3) is 0.600. The third-order valence-corrected chi connectivity index (χ3v) is 4.31. The Labute approximate surface area is 128 Å². The summed E-state index contributed by atoms with van der Waals surface area (Å²) >= 11 is 0. The number of aromatic nitrogens is 2. The van der Waals surface area contributed by atoms with E-state index in [1.165, 1.54) is 4.90 Å². The van der Waals surface area contributed by atoms with Crippen LogP contribution in [0.1, 0.15) is 32.6 Å². The van der Waals surface area contributed by atoms with Crippen LogP contribution in [0.15, 0.2) is 18.6 Å². The summed E-state index contributed by atoms with van der Waals surface area (Å²) in [7, 11) is 0. The van der Waals surface area contributed by atoms with Gasteiger partial charge in [0.2, 0.25) is 0 Å². The zero-order valence-corrected chi connectivity index (χ0v) is 12.5. The van der Waals surface area contributed by atoms with Crippen molar-refractivity contribution in [2.24, 2.45) is 5.92 Å². The normalized spacial score (nSPS) is 27.8. The lowest BCUT2D eigenvalue weighted by Crippen LogP contribution is -2.40. The first-order chi connectivity index (χ1) is 10.6. The standard InChI is InChI=1S/C15H19N3O4/c1-2-21-13(19)11-3-5-15(6-4-11)10-18(14(20)22-15)12-9-16-7-8-17-12/h7-9,11H,2-6,10H2,1H3/t11-,15-. The average molecular weight is 305 g/mol. The first kappa shape index (κ1) is 14.7. The van der Waals surface area contributed by atoms with Gasteiger partial charge in [0.25, 0.3) is 0 Å². The summed E-state index contributed by atoms with van der Waals surface area (Å²) in [5.41, 5.74) is -0.516. The van der Waals surface area contributed by atoms with Gasteiger partial charge in [-0.2, -0.15) is 0 Å². The minimum atomic E-state index is -0.516. The SMILES string of the molecule is CCOC(=O)[C@H]1CC[C@]2(CC1)CN(c1cnccn1)C(=O)O2. The molecule has 1 amide bonds. The lowest BCUT2D eigenvalue weighted by atomic mass is 9.79. The molecule has 0 bridgehead atoms. The molecule has 2 heterocycles. The van der Waals surface area contributed by atoms with Crippen LogP contribution in [0.4, 0.5) is 10.6 Å². The van der Waals surface area contributed by atoms with Crippen LogP contribution in [-0.4, -0.2) is 40.8 Å². The van der Waals surface area contributed by atoms with Gasteiger partial charge in [-0.3, -0.25) is 14.7 Å². The molecule has 3 rings (SSSR count). The third-order valence-electron chi connectivity index (χ3n) is 4.31. The number of esters is 1. The van der Waals surface area contributed by atoms with Crippen LogP contribution in [-0.2, 0) is 14.3 Å². The van der Waals surface area contributed by atoms with Crippen molar-refractivity contribution in [3.8, 4) is 0 Å². The van der Waals surface area contributed by atoms with Crippen LogP contribution in [0.25, 0.3) is 0 Å². The van der Waals surface area contributed by atoms with E-state index >= 15 is 0 Å². The van der Waals surface area contributed by atoms with Crippen molar-refractivity contribution in [2.75, 3.05) is 18.1 Å². The second-order valence-electron chi connectivity index (χ2n) is 5.73. The number of carbonyl (C=O) groups is 2. The van der Waals surface area contributed by atoms with Crippen LogP contribution in [0, 0.1) is 5.92 Å². The molecule has 7 nitrogen and oxygen atoms in total. The van der Waals surface area contributed by atoms with Gasteiger partial charge in [0, 0.05) is 12.4 Å². The summed E-state index contributed by atoms with van der Waals surface area (Å²) in [6.07, 6.45) is 6.95. The van der Waals surface area contributed by atoms with Crippen LogP contribution in [0.5, 0.6) is 0 Å². The highest BCUT2D eigenvalue weighted by atomic mass is 16.6. The Morgan fingerprint density at radius 2 is 2.23 bits per heavy atom. The quantitative estimate of drug-likeness (QED) is 0.794. The Balaban J connectivity index is 1.65. The van der Waals surface area contributed by atoms with Crippen LogP contribution >= 0.6 is 0 Å². The van der Waals surface area contributed by atoms with E-state index < -0.39 is 11.7 Å². The van der Waals surface area contributed by atoms with Crippen LogP contribution in [0.2, 0.25) is 0 Å². The predicted octanol–water partition coefficient (Wildman–Crippen LogP) is 1.93. The monoisotopic (exact) mass is 305 g/mol. The zero-order chi connectivity index (χ0) is 15.6. The van der Waals surface area contributed by atoms with Gasteiger partial charge in [-0.15, -0.1) is 0 Å². The Morgan fingerprint density at radius 1 is 1.45 bits per heavy atom. The van der Waals surface area contributed by atoms with Gasteiger partial charge < -0.3 is 9.47 Å². The zero-order valence-electron chi connectivity index (χ0n) is 12.5. The third kappa shape index (κ3) is 2.75. The number of amides is 1. The number of ether oxygens (including phenoxy) is 2. The van der Waals surface area contributed by atoms with Crippen LogP contribution < -0.4 is 4.90 Å². The lowest BCUT2D eigenvalue weighted by molar-refractivity contribution is -0.150. The van der Waals surface area contributed by atoms with Crippen molar-refractivity contribution < 1.29 is 19.1 Å². The molecule has 0 radical (unpaired) electrons. The summed E-state index contributed by atoms with van der Waals surface area (Å²) in [5, 5.41) is 0. The Hall–Kier alpha value is -2.18. The number of anilines is 1. The van der Waals surface area contributed by atoms with Crippen molar-refractivity contribution in [3.63, 3.8) is 0 Å². The molecule has 1 aromatic rings. The van der Waals surface area contributed by atoms with Crippen molar-refractivity contribution in [3.05, 3.63) is 18.6 Å². The summed E-state index contributed by atoms with van der Waals surface area (Å²) in [4.78, 5) is 33.5. The molecule has 1 aromatic heterocycles. The molecule has 1 saturated heterocycles. The Kier molecular flexibility index (Phi) is 3.96. The Bertz CT molecular complexity index is 555. The van der Waals surface area contributed by atoms with E-state index in [9.17, 15) is 9.59 Å². The van der Waals surface area contributed by atoms with Gasteiger partial charge in [-0.05, 0) is 32.6 Å². The molecular formula is C15H19N3O4. The molecule has 118 valence electrons. The fourth-order valence-corrected chi connectivity index (χ4v) is 3.13. The molecule has 2 aliphatic rings. The number of hydrogen-bond donors (Lipinski definition) is 0. The van der Waals surface area contributed by atoms with Crippen molar-refractivity contribution in [2.45, 2.75) is 38.2 Å². The molecule has 0 aromatic carbocycles. The molecular weight excluding hydrogens is 286 g/mol. The van der Waals surface area contributed by atoms with E-state index in [1.54, 1.807) is 25.5 Å². The average Bonchev–Trinajstić information content (AvgIpc) is 2.85. The number of rotatable bonds is 3. The van der Waals surface area contributed by atoms with E-state index in [-0.39, 0.29) is 11.9 Å². The second-order valence-corrected chi connectivity index (χ2v) is 5.73. The van der Waals surface area contributed by atoms with E-state index in [2.05, 4.69) is 9.97 Å². The molecule has 7 heteroatoms. The first-order valence-electron chi connectivity index (χ1n) is 7.57. The summed E-state index contributed by atoms with van der Waals surface area (Å²) in [6, 6.07) is 0. The van der Waals surface area contributed by atoms with E-state index in [1.807, 2.05) is 0 Å². The van der Waals surface area contributed by atoms with Crippen molar-refractivity contribution in [1.29, 1.82) is 0 Å². The summed E-state index contributed by atoms with van der Waals surface area (Å²) in [5.74, 6) is 0.263. The highest BCUT2D eigenvalue weighted by molar-refractivity contribution is 5.89. The number of carbonyl (C=O) groups excluding carboxylic acids is 2. The predicted molar refractivity (Wildman–Crippen MR) is 77.2 cm³/mol. The second kappa shape index (κ2) is 5.90. The topological polar surface area (TPSA) is 81.6 Å². The van der Waals surface area contributed by atoms with E-state index in [0.717, 1.165) is 0 Å². The van der Waals surface area contributed by atoms with Gasteiger partial charge in [-0.1, -0.05) is 0 Å². The highest BCUT2D eigenvalue weighted by Gasteiger charge is 2.49. The molecule has 2 fully saturated rings. The molecule has 1 aliphatic heterocycles. The largest absolute Gasteiger partial charge is 0.466 e. The maximum Gasteiger partial charge on any atom is 0.416 e.